The summed E-state index contributed by atoms with van der Waals surface area (Å²) < 4.78 is 5.81. The van der Waals surface area contributed by atoms with E-state index in [1.54, 1.807) is 6.20 Å². The predicted octanol–water partition coefficient (Wildman–Crippen LogP) is 4.53. The third-order valence-corrected chi connectivity index (χ3v) is 2.93. The lowest BCUT2D eigenvalue weighted by molar-refractivity contribution is 0.483. The van der Waals surface area contributed by atoms with Gasteiger partial charge in [0, 0.05) is 17.5 Å². The van der Waals surface area contributed by atoms with Gasteiger partial charge in [-0.3, -0.25) is 0 Å². The number of anilines is 1. The van der Waals surface area contributed by atoms with Crippen LogP contribution in [-0.2, 0) is 0 Å². The van der Waals surface area contributed by atoms with E-state index in [1.165, 1.54) is 0 Å². The Morgan fingerprint density at radius 2 is 1.86 bits per heavy atom. The molecule has 2 aromatic carbocycles. The number of benzene rings is 2. The maximum absolute atomic E-state index is 5.81. The number of para-hydroxylation sites is 1. The van der Waals surface area contributed by atoms with Crippen LogP contribution in [0.5, 0.6) is 11.5 Å². The molecule has 2 aromatic rings. The molecule has 21 heavy (non-hydrogen) atoms. The van der Waals surface area contributed by atoms with Gasteiger partial charge >= 0.3 is 0 Å². The van der Waals surface area contributed by atoms with Gasteiger partial charge in [0.2, 0.25) is 0 Å². The third-order valence-electron chi connectivity index (χ3n) is 2.93. The third kappa shape index (κ3) is 4.73. The number of hydrogen-bond donors (Lipinski definition) is 2. The molecule has 3 nitrogen and oxygen atoms in total. The molecule has 0 saturated heterocycles. The second kappa shape index (κ2) is 7.80. The molecule has 2 N–H and O–H groups in total. The van der Waals surface area contributed by atoms with Crippen molar-refractivity contribution in [3.63, 3.8) is 0 Å². The lowest BCUT2D eigenvalue weighted by atomic mass is 10.3. The van der Waals surface area contributed by atoms with Crippen LogP contribution in [0.4, 0.5) is 5.69 Å². The number of allylic oxidation sites excluding steroid dienone is 1. The summed E-state index contributed by atoms with van der Waals surface area (Å²) in [6.07, 6.45) is 3.69. The minimum atomic E-state index is 0.706. The molecule has 0 atom stereocenters. The molecule has 0 radical (unpaired) electrons. The van der Waals surface area contributed by atoms with Gasteiger partial charge in [0.05, 0.1) is 6.54 Å². The van der Waals surface area contributed by atoms with Gasteiger partial charge in [-0.1, -0.05) is 36.9 Å². The fourth-order valence-corrected chi connectivity index (χ4v) is 1.86. The van der Waals surface area contributed by atoms with Gasteiger partial charge in [-0.25, -0.2) is 0 Å². The van der Waals surface area contributed by atoms with Gasteiger partial charge in [0.1, 0.15) is 11.5 Å². The van der Waals surface area contributed by atoms with Crippen LogP contribution in [0.25, 0.3) is 0 Å². The van der Waals surface area contributed by atoms with Gasteiger partial charge < -0.3 is 15.4 Å². The van der Waals surface area contributed by atoms with Crippen LogP contribution < -0.4 is 15.4 Å². The van der Waals surface area contributed by atoms with Gasteiger partial charge in [-0.05, 0) is 37.4 Å². The summed E-state index contributed by atoms with van der Waals surface area (Å²) in [5.41, 5.74) is 2.08. The Hall–Kier alpha value is -2.68. The highest BCUT2D eigenvalue weighted by Gasteiger charge is 1.99. The van der Waals surface area contributed by atoms with Gasteiger partial charge in [-0.15, -0.1) is 0 Å². The molecule has 0 heterocycles. The average molecular weight is 280 g/mol. The Balaban J connectivity index is 1.99. The Kier molecular flexibility index (Phi) is 5.47. The summed E-state index contributed by atoms with van der Waals surface area (Å²) in [6, 6.07) is 17.7. The van der Waals surface area contributed by atoms with Crippen molar-refractivity contribution in [2.24, 2.45) is 0 Å². The van der Waals surface area contributed by atoms with Crippen LogP contribution in [-0.4, -0.2) is 6.54 Å². The summed E-state index contributed by atoms with van der Waals surface area (Å²) in [5, 5.41) is 6.44. The summed E-state index contributed by atoms with van der Waals surface area (Å²) in [4.78, 5) is 0. The molecular formula is C18H20N2O. The maximum Gasteiger partial charge on any atom is 0.129 e. The molecule has 2 rings (SSSR count). The molecule has 0 fully saturated rings. The van der Waals surface area contributed by atoms with E-state index in [4.69, 9.17) is 4.74 Å². The second-order valence-electron chi connectivity index (χ2n) is 4.46. The van der Waals surface area contributed by atoms with Crippen molar-refractivity contribution in [2.75, 3.05) is 11.9 Å². The Bertz CT molecular complexity index is 606. The van der Waals surface area contributed by atoms with Gasteiger partial charge in [-0.2, -0.15) is 0 Å². The second-order valence-corrected chi connectivity index (χ2v) is 4.46. The SMILES string of the molecule is C=CN/C(=C\C)CNc1cccc(Oc2ccccc2)c1. The highest BCUT2D eigenvalue weighted by Crippen LogP contribution is 2.23. The van der Waals surface area contributed by atoms with E-state index in [0.717, 1.165) is 22.9 Å². The van der Waals surface area contributed by atoms with Crippen molar-refractivity contribution in [3.8, 4) is 11.5 Å². The first kappa shape index (κ1) is 14.7. The molecule has 0 aliphatic rings. The summed E-state index contributed by atoms with van der Waals surface area (Å²) in [6.45, 7) is 6.36. The first-order chi connectivity index (χ1) is 10.3. The Labute approximate surface area is 126 Å². The van der Waals surface area contributed by atoms with Crippen LogP contribution >= 0.6 is 0 Å². The van der Waals surface area contributed by atoms with E-state index < -0.39 is 0 Å². The van der Waals surface area contributed by atoms with Crippen LogP contribution in [0.1, 0.15) is 6.92 Å². The normalized spacial score (nSPS) is 10.8. The minimum absolute atomic E-state index is 0.706. The standard InChI is InChI=1S/C18H20N2O/c1-3-15(19-4-2)14-20-16-9-8-12-18(13-16)21-17-10-6-5-7-11-17/h3-13,19-20H,2,14H2,1H3/b15-3-. The van der Waals surface area contributed by atoms with E-state index in [2.05, 4.69) is 17.2 Å². The van der Waals surface area contributed by atoms with Crippen molar-refractivity contribution < 1.29 is 4.74 Å². The summed E-state index contributed by atoms with van der Waals surface area (Å²) in [7, 11) is 0. The molecule has 0 bridgehead atoms. The van der Waals surface area contributed by atoms with Crippen molar-refractivity contribution in [3.05, 3.63) is 79.1 Å². The predicted molar refractivity (Wildman–Crippen MR) is 88.5 cm³/mol. The molecule has 0 saturated carbocycles. The minimum Gasteiger partial charge on any atom is -0.457 e. The molecule has 3 heteroatoms. The first-order valence-electron chi connectivity index (χ1n) is 6.91. The fraction of sp³-hybridized carbons (Fsp3) is 0.111. The fourth-order valence-electron chi connectivity index (χ4n) is 1.86. The molecular weight excluding hydrogens is 260 g/mol. The average Bonchev–Trinajstić information content (AvgIpc) is 2.53. The van der Waals surface area contributed by atoms with Crippen LogP contribution in [0, 0.1) is 0 Å². The largest absolute Gasteiger partial charge is 0.457 e. The van der Waals surface area contributed by atoms with E-state index >= 15 is 0 Å². The zero-order chi connectivity index (χ0) is 14.9. The van der Waals surface area contributed by atoms with E-state index in [-0.39, 0.29) is 0 Å². The monoisotopic (exact) mass is 280 g/mol. The number of rotatable bonds is 7. The van der Waals surface area contributed by atoms with Gasteiger partial charge in [0.25, 0.3) is 0 Å². The maximum atomic E-state index is 5.81. The van der Waals surface area contributed by atoms with Crippen molar-refractivity contribution in [2.45, 2.75) is 6.92 Å². The van der Waals surface area contributed by atoms with E-state index in [0.29, 0.717) is 6.54 Å². The van der Waals surface area contributed by atoms with Crippen molar-refractivity contribution >= 4 is 5.69 Å². The van der Waals surface area contributed by atoms with E-state index in [1.807, 2.05) is 67.6 Å². The quantitative estimate of drug-likeness (QED) is 0.782. The molecule has 0 aliphatic heterocycles. The lowest BCUT2D eigenvalue weighted by Crippen LogP contribution is -2.14. The molecule has 108 valence electrons. The number of hydrogen-bond acceptors (Lipinski definition) is 3. The van der Waals surface area contributed by atoms with E-state index in [9.17, 15) is 0 Å². The van der Waals surface area contributed by atoms with Crippen molar-refractivity contribution in [1.82, 2.24) is 5.32 Å². The Morgan fingerprint density at radius 1 is 1.10 bits per heavy atom. The zero-order valence-electron chi connectivity index (χ0n) is 12.2. The molecule has 0 amide bonds. The Morgan fingerprint density at radius 3 is 2.57 bits per heavy atom. The highest BCUT2D eigenvalue weighted by atomic mass is 16.5. The lowest BCUT2D eigenvalue weighted by Gasteiger charge is -2.11. The number of ether oxygens (including phenoxy) is 1. The smallest absolute Gasteiger partial charge is 0.129 e. The number of nitrogens with one attached hydrogen (secondary N) is 2. The molecule has 0 unspecified atom stereocenters. The topological polar surface area (TPSA) is 33.3 Å². The van der Waals surface area contributed by atoms with Crippen LogP contribution in [0.3, 0.4) is 0 Å². The van der Waals surface area contributed by atoms with Crippen molar-refractivity contribution in [1.29, 1.82) is 0 Å². The van der Waals surface area contributed by atoms with Crippen LogP contribution in [0.2, 0.25) is 0 Å². The first-order valence-corrected chi connectivity index (χ1v) is 6.91. The van der Waals surface area contributed by atoms with Gasteiger partial charge in [0.15, 0.2) is 0 Å². The molecule has 0 spiro atoms. The zero-order valence-corrected chi connectivity index (χ0v) is 12.2. The van der Waals surface area contributed by atoms with Crippen LogP contribution in [0.15, 0.2) is 79.1 Å². The molecule has 0 aliphatic carbocycles. The molecule has 0 aromatic heterocycles. The summed E-state index contributed by atoms with van der Waals surface area (Å²) in [5.74, 6) is 1.64. The highest BCUT2D eigenvalue weighted by molar-refractivity contribution is 5.49. The summed E-state index contributed by atoms with van der Waals surface area (Å²) >= 11 is 0.